The molecular formula is C19H22N4O2. The van der Waals surface area contributed by atoms with E-state index in [1.807, 2.05) is 38.2 Å². The third-order valence-electron chi connectivity index (χ3n) is 5.15. The molecule has 0 bridgehead atoms. The summed E-state index contributed by atoms with van der Waals surface area (Å²) in [5.41, 5.74) is 4.24. The number of fused-ring (bicyclic) bond motifs is 1. The van der Waals surface area contributed by atoms with Crippen molar-refractivity contribution < 1.29 is 9.59 Å². The zero-order valence-electron chi connectivity index (χ0n) is 14.6. The Balaban J connectivity index is 1.49. The van der Waals surface area contributed by atoms with Crippen LogP contribution in [0.15, 0.2) is 24.3 Å². The van der Waals surface area contributed by atoms with Crippen molar-refractivity contribution in [2.45, 2.75) is 32.6 Å². The Kier molecular flexibility index (Phi) is 3.82. The smallest absolute Gasteiger partial charge is 0.230 e. The molecule has 6 heteroatoms. The number of rotatable bonds is 3. The summed E-state index contributed by atoms with van der Waals surface area (Å²) in [4.78, 5) is 26.8. The minimum atomic E-state index is -0.333. The van der Waals surface area contributed by atoms with E-state index in [4.69, 9.17) is 0 Å². The third kappa shape index (κ3) is 2.81. The van der Waals surface area contributed by atoms with E-state index in [0.717, 1.165) is 47.6 Å². The summed E-state index contributed by atoms with van der Waals surface area (Å²) in [7, 11) is 1.85. The van der Waals surface area contributed by atoms with Crippen LogP contribution in [-0.4, -0.2) is 28.1 Å². The zero-order chi connectivity index (χ0) is 17.6. The highest BCUT2D eigenvalue weighted by molar-refractivity contribution is 6.03. The van der Waals surface area contributed by atoms with Crippen LogP contribution >= 0.6 is 0 Å². The fourth-order valence-electron chi connectivity index (χ4n) is 3.75. The SMILES string of the molecule is Cc1ccc(N2C[C@H](C(=O)Nc3c4c(nn3C)CCC4)CC2=O)cc1. The average molecular weight is 338 g/mol. The van der Waals surface area contributed by atoms with Crippen LogP contribution in [-0.2, 0) is 29.5 Å². The Morgan fingerprint density at radius 1 is 1.24 bits per heavy atom. The molecule has 0 radical (unpaired) electrons. The van der Waals surface area contributed by atoms with Gasteiger partial charge in [-0.05, 0) is 38.3 Å². The van der Waals surface area contributed by atoms with Crippen molar-refractivity contribution in [2.24, 2.45) is 13.0 Å². The summed E-state index contributed by atoms with van der Waals surface area (Å²) in [6, 6.07) is 7.83. The summed E-state index contributed by atoms with van der Waals surface area (Å²) in [6.07, 6.45) is 3.27. The van der Waals surface area contributed by atoms with Gasteiger partial charge in [0.25, 0.3) is 0 Å². The molecule has 1 N–H and O–H groups in total. The van der Waals surface area contributed by atoms with Gasteiger partial charge in [-0.2, -0.15) is 5.10 Å². The van der Waals surface area contributed by atoms with E-state index in [2.05, 4.69) is 10.4 Å². The molecule has 1 aliphatic heterocycles. The third-order valence-corrected chi connectivity index (χ3v) is 5.15. The number of hydrogen-bond acceptors (Lipinski definition) is 3. The van der Waals surface area contributed by atoms with Gasteiger partial charge in [0, 0.05) is 31.3 Å². The number of amides is 2. The molecule has 4 rings (SSSR count). The van der Waals surface area contributed by atoms with Crippen LogP contribution in [0.1, 0.15) is 29.7 Å². The summed E-state index contributed by atoms with van der Waals surface area (Å²) in [6.45, 7) is 2.44. The van der Waals surface area contributed by atoms with E-state index in [-0.39, 0.29) is 24.2 Å². The van der Waals surface area contributed by atoms with Gasteiger partial charge in [0.15, 0.2) is 0 Å². The number of hydrogen-bond donors (Lipinski definition) is 1. The molecule has 25 heavy (non-hydrogen) atoms. The molecule has 6 nitrogen and oxygen atoms in total. The number of benzene rings is 1. The molecule has 1 aliphatic carbocycles. The minimum Gasteiger partial charge on any atom is -0.312 e. The minimum absolute atomic E-state index is 0.000705. The highest BCUT2D eigenvalue weighted by Gasteiger charge is 2.36. The summed E-state index contributed by atoms with van der Waals surface area (Å²) >= 11 is 0. The van der Waals surface area contributed by atoms with Gasteiger partial charge in [0.1, 0.15) is 5.82 Å². The van der Waals surface area contributed by atoms with Gasteiger partial charge >= 0.3 is 0 Å². The maximum Gasteiger partial charge on any atom is 0.230 e. The molecule has 1 saturated heterocycles. The molecule has 0 saturated carbocycles. The van der Waals surface area contributed by atoms with Crippen molar-refractivity contribution in [2.75, 3.05) is 16.8 Å². The topological polar surface area (TPSA) is 67.2 Å². The fourth-order valence-corrected chi connectivity index (χ4v) is 3.75. The van der Waals surface area contributed by atoms with Crippen molar-refractivity contribution in [3.05, 3.63) is 41.1 Å². The number of nitrogens with zero attached hydrogens (tertiary/aromatic N) is 3. The maximum atomic E-state index is 12.7. The van der Waals surface area contributed by atoms with Crippen molar-refractivity contribution in [1.82, 2.24) is 9.78 Å². The Bertz CT molecular complexity index is 838. The van der Waals surface area contributed by atoms with Crippen molar-refractivity contribution in [1.29, 1.82) is 0 Å². The molecule has 0 spiro atoms. The van der Waals surface area contributed by atoms with Gasteiger partial charge < -0.3 is 10.2 Å². The van der Waals surface area contributed by atoms with Crippen LogP contribution in [0, 0.1) is 12.8 Å². The molecule has 2 amide bonds. The summed E-state index contributed by atoms with van der Waals surface area (Å²) in [5, 5.41) is 7.50. The lowest BCUT2D eigenvalue weighted by atomic mass is 10.1. The van der Waals surface area contributed by atoms with E-state index in [1.165, 1.54) is 0 Å². The van der Waals surface area contributed by atoms with Crippen molar-refractivity contribution in [3.8, 4) is 0 Å². The van der Waals surface area contributed by atoms with E-state index >= 15 is 0 Å². The first kappa shape index (κ1) is 15.9. The molecule has 1 atom stereocenters. The predicted molar refractivity (Wildman–Crippen MR) is 95.5 cm³/mol. The van der Waals surface area contributed by atoms with Gasteiger partial charge in [0.2, 0.25) is 11.8 Å². The average Bonchev–Trinajstić information content (AvgIpc) is 3.26. The monoisotopic (exact) mass is 338 g/mol. The Morgan fingerprint density at radius 3 is 2.76 bits per heavy atom. The Labute approximate surface area is 146 Å². The van der Waals surface area contributed by atoms with E-state index in [0.29, 0.717) is 6.54 Å². The van der Waals surface area contributed by atoms with Gasteiger partial charge in [-0.3, -0.25) is 14.3 Å². The first-order valence-corrected chi connectivity index (χ1v) is 8.75. The molecule has 0 unspecified atom stereocenters. The van der Waals surface area contributed by atoms with E-state index in [9.17, 15) is 9.59 Å². The highest BCUT2D eigenvalue weighted by Crippen LogP contribution is 2.30. The van der Waals surface area contributed by atoms with Gasteiger partial charge in [-0.1, -0.05) is 17.7 Å². The number of nitrogens with one attached hydrogen (secondary N) is 1. The number of anilines is 2. The van der Waals surface area contributed by atoms with Gasteiger partial charge in [-0.15, -0.1) is 0 Å². The molecule has 1 aromatic carbocycles. The largest absolute Gasteiger partial charge is 0.312 e. The Morgan fingerprint density at radius 2 is 2.00 bits per heavy atom. The normalized spacial score (nSPS) is 19.4. The van der Waals surface area contributed by atoms with Gasteiger partial charge in [0.05, 0.1) is 11.6 Å². The van der Waals surface area contributed by atoms with Crippen LogP contribution in [0.2, 0.25) is 0 Å². The van der Waals surface area contributed by atoms with Crippen molar-refractivity contribution in [3.63, 3.8) is 0 Å². The number of carbonyl (C=O) groups is 2. The molecule has 1 aromatic heterocycles. The summed E-state index contributed by atoms with van der Waals surface area (Å²) < 4.78 is 1.75. The summed E-state index contributed by atoms with van der Waals surface area (Å²) in [5.74, 6) is 0.361. The van der Waals surface area contributed by atoms with Crippen molar-refractivity contribution >= 4 is 23.3 Å². The molecule has 2 aliphatic rings. The molecule has 2 aromatic rings. The quantitative estimate of drug-likeness (QED) is 0.933. The second-order valence-corrected chi connectivity index (χ2v) is 6.98. The standard InChI is InChI=1S/C19H22N4O2/c1-12-6-8-14(9-7-12)23-11-13(10-17(23)24)19(25)20-18-15-4-3-5-16(15)21-22(18)2/h6-9,13H,3-5,10-11H2,1-2H3,(H,20,25)/t13-/m1/s1. The molecule has 1 fully saturated rings. The number of carbonyl (C=O) groups excluding carboxylic acids is 2. The molecule has 130 valence electrons. The van der Waals surface area contributed by atoms with Crippen LogP contribution in [0.3, 0.4) is 0 Å². The van der Waals surface area contributed by atoms with Crippen LogP contribution < -0.4 is 10.2 Å². The second-order valence-electron chi connectivity index (χ2n) is 6.98. The second kappa shape index (κ2) is 6.02. The van der Waals surface area contributed by atoms with Crippen LogP contribution in [0.5, 0.6) is 0 Å². The lowest BCUT2D eigenvalue weighted by Gasteiger charge is -2.17. The van der Waals surface area contributed by atoms with Crippen LogP contribution in [0.4, 0.5) is 11.5 Å². The first-order valence-electron chi connectivity index (χ1n) is 8.75. The molecular weight excluding hydrogens is 316 g/mol. The zero-order valence-corrected chi connectivity index (χ0v) is 14.6. The predicted octanol–water partition coefficient (Wildman–Crippen LogP) is 2.21. The number of aryl methyl sites for hydroxylation is 3. The lowest BCUT2D eigenvalue weighted by molar-refractivity contribution is -0.122. The Hall–Kier alpha value is -2.63. The molecule has 2 heterocycles. The fraction of sp³-hybridized carbons (Fsp3) is 0.421. The van der Waals surface area contributed by atoms with Gasteiger partial charge in [-0.25, -0.2) is 0 Å². The van der Waals surface area contributed by atoms with E-state index < -0.39 is 0 Å². The highest BCUT2D eigenvalue weighted by atomic mass is 16.2. The van der Waals surface area contributed by atoms with Crippen LogP contribution in [0.25, 0.3) is 0 Å². The first-order chi connectivity index (χ1) is 12.0. The van der Waals surface area contributed by atoms with E-state index in [1.54, 1.807) is 9.58 Å². The maximum absolute atomic E-state index is 12.7. The lowest BCUT2D eigenvalue weighted by Crippen LogP contribution is -2.28. The number of aromatic nitrogens is 2.